The Bertz CT molecular complexity index is 1240. The SMILES string of the molecule is CCOC(=O)c1cnn(-c2ccc(C(=O)NC(C)c3ccc(-n4ccnc4)cc3)cc2)c1C. The van der Waals surface area contributed by atoms with E-state index in [2.05, 4.69) is 15.4 Å². The maximum absolute atomic E-state index is 12.8. The minimum atomic E-state index is -0.399. The van der Waals surface area contributed by atoms with Gasteiger partial charge in [-0.05, 0) is 62.7 Å². The maximum atomic E-state index is 12.8. The molecular formula is C25H25N5O3. The van der Waals surface area contributed by atoms with Crippen molar-refractivity contribution in [3.8, 4) is 11.4 Å². The van der Waals surface area contributed by atoms with Gasteiger partial charge in [0.1, 0.15) is 5.56 Å². The van der Waals surface area contributed by atoms with Crippen molar-refractivity contribution >= 4 is 11.9 Å². The lowest BCUT2D eigenvalue weighted by Crippen LogP contribution is -2.26. The second kappa shape index (κ2) is 9.52. The van der Waals surface area contributed by atoms with Crippen molar-refractivity contribution in [1.29, 1.82) is 0 Å². The highest BCUT2D eigenvalue weighted by atomic mass is 16.5. The van der Waals surface area contributed by atoms with E-state index in [1.54, 1.807) is 55.3 Å². The molecule has 2 aromatic heterocycles. The highest BCUT2D eigenvalue weighted by Crippen LogP contribution is 2.18. The highest BCUT2D eigenvalue weighted by Gasteiger charge is 2.17. The van der Waals surface area contributed by atoms with E-state index in [0.29, 0.717) is 23.4 Å². The molecule has 0 radical (unpaired) electrons. The first-order valence-electron chi connectivity index (χ1n) is 10.7. The van der Waals surface area contributed by atoms with Gasteiger partial charge in [-0.25, -0.2) is 14.5 Å². The predicted octanol–water partition coefficient (Wildman–Crippen LogP) is 4.03. The van der Waals surface area contributed by atoms with E-state index in [-0.39, 0.29) is 11.9 Å². The Labute approximate surface area is 191 Å². The number of hydrogen-bond acceptors (Lipinski definition) is 5. The number of ether oxygens (including phenoxy) is 1. The second-order valence-corrected chi connectivity index (χ2v) is 7.58. The molecule has 0 saturated heterocycles. The van der Waals surface area contributed by atoms with Gasteiger partial charge in [0.2, 0.25) is 0 Å². The quantitative estimate of drug-likeness (QED) is 0.436. The van der Waals surface area contributed by atoms with Gasteiger partial charge in [0.05, 0.1) is 36.6 Å². The summed E-state index contributed by atoms with van der Waals surface area (Å²) in [6.45, 7) is 5.82. The Morgan fingerprint density at radius 3 is 2.39 bits per heavy atom. The van der Waals surface area contributed by atoms with Crippen molar-refractivity contribution in [2.24, 2.45) is 0 Å². The maximum Gasteiger partial charge on any atom is 0.341 e. The molecule has 2 heterocycles. The lowest BCUT2D eigenvalue weighted by molar-refractivity contribution is 0.0525. The van der Waals surface area contributed by atoms with E-state index in [1.807, 2.05) is 42.0 Å². The normalized spacial score (nSPS) is 11.7. The van der Waals surface area contributed by atoms with Crippen LogP contribution in [0.3, 0.4) is 0 Å². The third kappa shape index (κ3) is 4.69. The number of rotatable bonds is 7. The fraction of sp³-hybridized carbons (Fsp3) is 0.200. The van der Waals surface area contributed by atoms with E-state index in [4.69, 9.17) is 4.74 Å². The van der Waals surface area contributed by atoms with Gasteiger partial charge in [-0.15, -0.1) is 0 Å². The second-order valence-electron chi connectivity index (χ2n) is 7.58. The van der Waals surface area contributed by atoms with Crippen LogP contribution in [0.5, 0.6) is 0 Å². The molecule has 1 atom stereocenters. The van der Waals surface area contributed by atoms with Crippen LogP contribution >= 0.6 is 0 Å². The first kappa shape index (κ1) is 22.0. The Morgan fingerprint density at radius 1 is 1.06 bits per heavy atom. The van der Waals surface area contributed by atoms with E-state index in [9.17, 15) is 9.59 Å². The topological polar surface area (TPSA) is 91.0 Å². The molecule has 33 heavy (non-hydrogen) atoms. The number of nitrogens with zero attached hydrogens (tertiary/aromatic N) is 4. The summed E-state index contributed by atoms with van der Waals surface area (Å²) in [4.78, 5) is 28.8. The van der Waals surface area contributed by atoms with E-state index >= 15 is 0 Å². The molecule has 1 N–H and O–H groups in total. The Morgan fingerprint density at radius 2 is 1.76 bits per heavy atom. The van der Waals surface area contributed by atoms with Crippen LogP contribution in [-0.2, 0) is 4.74 Å². The molecule has 168 valence electrons. The number of hydrogen-bond donors (Lipinski definition) is 1. The first-order chi connectivity index (χ1) is 16.0. The predicted molar refractivity (Wildman–Crippen MR) is 124 cm³/mol. The van der Waals surface area contributed by atoms with Crippen LogP contribution < -0.4 is 5.32 Å². The molecule has 4 rings (SSSR count). The molecule has 1 unspecified atom stereocenters. The van der Waals surface area contributed by atoms with Gasteiger partial charge >= 0.3 is 5.97 Å². The summed E-state index contributed by atoms with van der Waals surface area (Å²) < 4.78 is 8.63. The number of aromatic nitrogens is 4. The number of carbonyl (C=O) groups excluding carboxylic acids is 2. The molecule has 8 nitrogen and oxygen atoms in total. The zero-order valence-electron chi connectivity index (χ0n) is 18.7. The molecule has 0 bridgehead atoms. The Kier molecular flexibility index (Phi) is 6.35. The number of amides is 1. The van der Waals surface area contributed by atoms with Crippen LogP contribution in [0, 0.1) is 6.92 Å². The average molecular weight is 444 g/mol. The molecule has 0 aliphatic rings. The third-order valence-corrected chi connectivity index (χ3v) is 5.42. The first-order valence-corrected chi connectivity index (χ1v) is 10.7. The minimum absolute atomic E-state index is 0.158. The number of carbonyl (C=O) groups is 2. The average Bonchev–Trinajstić information content (AvgIpc) is 3.49. The molecule has 1 amide bonds. The van der Waals surface area contributed by atoms with Crippen LogP contribution in [-0.4, -0.2) is 37.8 Å². The molecule has 8 heteroatoms. The molecular weight excluding hydrogens is 418 g/mol. The summed E-state index contributed by atoms with van der Waals surface area (Å²) in [6, 6.07) is 14.9. The Hall–Kier alpha value is -4.20. The van der Waals surface area contributed by atoms with Crippen molar-refractivity contribution in [3.05, 3.63) is 95.8 Å². The van der Waals surface area contributed by atoms with Crippen molar-refractivity contribution < 1.29 is 14.3 Å². The zero-order valence-corrected chi connectivity index (χ0v) is 18.7. The van der Waals surface area contributed by atoms with Gasteiger partial charge in [-0.3, -0.25) is 4.79 Å². The fourth-order valence-corrected chi connectivity index (χ4v) is 3.54. The van der Waals surface area contributed by atoms with Crippen molar-refractivity contribution in [3.63, 3.8) is 0 Å². The van der Waals surface area contributed by atoms with Gasteiger partial charge in [0.25, 0.3) is 5.91 Å². The largest absolute Gasteiger partial charge is 0.462 e. The molecule has 0 spiro atoms. The molecule has 0 aliphatic heterocycles. The number of benzene rings is 2. The third-order valence-electron chi connectivity index (χ3n) is 5.42. The van der Waals surface area contributed by atoms with Gasteiger partial charge in [-0.1, -0.05) is 12.1 Å². The van der Waals surface area contributed by atoms with Crippen LogP contribution in [0.2, 0.25) is 0 Å². The van der Waals surface area contributed by atoms with Crippen LogP contribution in [0.15, 0.2) is 73.4 Å². The summed E-state index contributed by atoms with van der Waals surface area (Å²) in [5.74, 6) is -0.568. The minimum Gasteiger partial charge on any atom is -0.462 e. The number of esters is 1. The summed E-state index contributed by atoms with van der Waals surface area (Å²) in [5.41, 5.74) is 4.40. The van der Waals surface area contributed by atoms with E-state index in [1.165, 1.54) is 6.20 Å². The molecule has 4 aromatic rings. The van der Waals surface area contributed by atoms with Crippen molar-refractivity contribution in [2.45, 2.75) is 26.8 Å². The van der Waals surface area contributed by atoms with Gasteiger partial charge in [-0.2, -0.15) is 5.10 Å². The molecule has 2 aromatic carbocycles. The molecule has 0 fully saturated rings. The van der Waals surface area contributed by atoms with E-state index in [0.717, 1.165) is 16.9 Å². The van der Waals surface area contributed by atoms with Crippen LogP contribution in [0.25, 0.3) is 11.4 Å². The fourth-order valence-electron chi connectivity index (χ4n) is 3.54. The smallest absolute Gasteiger partial charge is 0.341 e. The standard InChI is InChI=1S/C25H25N5O3/c1-4-33-25(32)23-15-27-30(18(23)3)22-11-7-20(8-12-22)24(31)28-17(2)19-5-9-21(10-6-19)29-14-13-26-16-29/h5-17H,4H2,1-3H3,(H,28,31). The van der Waals surface area contributed by atoms with Crippen molar-refractivity contribution in [1.82, 2.24) is 24.6 Å². The lowest BCUT2D eigenvalue weighted by Gasteiger charge is -2.15. The molecule has 0 aliphatic carbocycles. The summed E-state index contributed by atoms with van der Waals surface area (Å²) in [7, 11) is 0. The molecule has 0 saturated carbocycles. The summed E-state index contributed by atoms with van der Waals surface area (Å²) >= 11 is 0. The lowest BCUT2D eigenvalue weighted by atomic mass is 10.1. The van der Waals surface area contributed by atoms with Gasteiger partial charge in [0.15, 0.2) is 0 Å². The van der Waals surface area contributed by atoms with E-state index < -0.39 is 5.97 Å². The zero-order chi connectivity index (χ0) is 23.4. The van der Waals surface area contributed by atoms with Crippen LogP contribution in [0.4, 0.5) is 0 Å². The summed E-state index contributed by atoms with van der Waals surface area (Å²) in [5, 5.41) is 7.32. The van der Waals surface area contributed by atoms with Crippen molar-refractivity contribution in [2.75, 3.05) is 6.61 Å². The highest BCUT2D eigenvalue weighted by molar-refractivity contribution is 5.94. The van der Waals surface area contributed by atoms with Gasteiger partial charge < -0.3 is 14.6 Å². The van der Waals surface area contributed by atoms with Crippen LogP contribution in [0.1, 0.15) is 51.9 Å². The summed E-state index contributed by atoms with van der Waals surface area (Å²) in [6.07, 6.45) is 6.85. The van der Waals surface area contributed by atoms with Gasteiger partial charge in [0, 0.05) is 23.6 Å². The Balaban J connectivity index is 1.43. The number of imidazole rings is 1. The monoisotopic (exact) mass is 443 g/mol. The number of nitrogens with one attached hydrogen (secondary N) is 1.